The van der Waals surface area contributed by atoms with Crippen molar-refractivity contribution in [1.29, 1.82) is 0 Å². The zero-order valence-electron chi connectivity index (χ0n) is 11.9. The molecule has 1 saturated carbocycles. The predicted molar refractivity (Wildman–Crippen MR) is 71.3 cm³/mol. The molecule has 0 amide bonds. The van der Waals surface area contributed by atoms with Crippen LogP contribution >= 0.6 is 0 Å². The van der Waals surface area contributed by atoms with Crippen molar-refractivity contribution in [2.24, 2.45) is 23.2 Å². The Bertz CT molecular complexity index is 540. The summed E-state index contributed by atoms with van der Waals surface area (Å²) < 4.78 is 4.99. The smallest absolute Gasteiger partial charge is 0.312 e. The van der Waals surface area contributed by atoms with E-state index < -0.39 is 5.41 Å². The maximum Gasteiger partial charge on any atom is 0.312 e. The maximum atomic E-state index is 12.1. The van der Waals surface area contributed by atoms with Crippen LogP contribution in [0.1, 0.15) is 33.6 Å². The maximum absolute atomic E-state index is 12.1. The molecule has 3 nitrogen and oxygen atoms in total. The molecule has 0 saturated heterocycles. The summed E-state index contributed by atoms with van der Waals surface area (Å²) in [5.74, 6) is 0.777. The minimum Gasteiger partial charge on any atom is -0.469 e. The number of allylic oxidation sites excluding steroid dienone is 4. The topological polar surface area (TPSA) is 43.4 Å². The summed E-state index contributed by atoms with van der Waals surface area (Å²) >= 11 is 0. The van der Waals surface area contributed by atoms with Crippen molar-refractivity contribution >= 4 is 11.8 Å². The molecule has 0 spiro atoms. The Kier molecular flexibility index (Phi) is 2.54. The number of rotatable bonds is 1. The van der Waals surface area contributed by atoms with Gasteiger partial charge in [0.25, 0.3) is 0 Å². The fourth-order valence-electron chi connectivity index (χ4n) is 4.40. The molecule has 0 aromatic carbocycles. The summed E-state index contributed by atoms with van der Waals surface area (Å²) in [7, 11) is 1.45. The molecule has 0 aliphatic heterocycles. The third-order valence-electron chi connectivity index (χ3n) is 5.49. The summed E-state index contributed by atoms with van der Waals surface area (Å²) in [5.41, 5.74) is 2.88. The first kappa shape index (κ1) is 12.6. The van der Waals surface area contributed by atoms with Gasteiger partial charge in [-0.15, -0.1) is 0 Å². The van der Waals surface area contributed by atoms with Crippen LogP contribution < -0.4 is 0 Å². The molecule has 3 aliphatic rings. The van der Waals surface area contributed by atoms with E-state index in [9.17, 15) is 9.59 Å². The number of fused-ring (bicyclic) bond motifs is 3. The Labute approximate surface area is 113 Å². The minimum absolute atomic E-state index is 0.117. The number of esters is 1. The van der Waals surface area contributed by atoms with Gasteiger partial charge in [-0.05, 0) is 51.5 Å². The molecule has 1 fully saturated rings. The Balaban J connectivity index is 2.04. The average Bonchev–Trinajstić information content (AvgIpc) is 2.90. The molecule has 3 rings (SSSR count). The molecule has 0 heterocycles. The van der Waals surface area contributed by atoms with E-state index in [1.165, 1.54) is 12.7 Å². The average molecular weight is 260 g/mol. The summed E-state index contributed by atoms with van der Waals surface area (Å²) in [6.07, 6.45) is 3.66. The van der Waals surface area contributed by atoms with Crippen LogP contribution in [0.2, 0.25) is 0 Å². The van der Waals surface area contributed by atoms with Gasteiger partial charge in [-0.1, -0.05) is 11.1 Å². The monoisotopic (exact) mass is 260 g/mol. The summed E-state index contributed by atoms with van der Waals surface area (Å²) in [4.78, 5) is 24.2. The fourth-order valence-corrected chi connectivity index (χ4v) is 4.40. The molecule has 0 aromatic rings. The van der Waals surface area contributed by atoms with Crippen LogP contribution in [0.15, 0.2) is 22.8 Å². The molecule has 0 N–H and O–H groups in total. The normalized spacial score (nSPS) is 40.3. The Hall–Kier alpha value is -1.38. The molecule has 4 atom stereocenters. The number of ketones is 1. The lowest BCUT2D eigenvalue weighted by atomic mass is 9.85. The molecule has 0 aromatic heterocycles. The van der Waals surface area contributed by atoms with Crippen LogP contribution in [0.25, 0.3) is 0 Å². The first-order valence-electron chi connectivity index (χ1n) is 6.93. The molecule has 3 heteroatoms. The van der Waals surface area contributed by atoms with Crippen LogP contribution in [0.4, 0.5) is 0 Å². The molecule has 0 bridgehead atoms. The van der Waals surface area contributed by atoms with Crippen molar-refractivity contribution in [3.8, 4) is 0 Å². The van der Waals surface area contributed by atoms with E-state index in [0.29, 0.717) is 5.92 Å². The number of hydrogen-bond donors (Lipinski definition) is 0. The van der Waals surface area contributed by atoms with Crippen molar-refractivity contribution in [3.63, 3.8) is 0 Å². The summed E-state index contributed by atoms with van der Waals surface area (Å²) in [5, 5.41) is 0. The van der Waals surface area contributed by atoms with Crippen molar-refractivity contribution in [3.05, 3.63) is 22.8 Å². The van der Waals surface area contributed by atoms with E-state index in [1.807, 2.05) is 13.8 Å². The molecular weight excluding hydrogens is 240 g/mol. The van der Waals surface area contributed by atoms with E-state index in [2.05, 4.69) is 6.92 Å². The number of methoxy groups -OCH3 is 1. The quantitative estimate of drug-likeness (QED) is 0.681. The van der Waals surface area contributed by atoms with E-state index >= 15 is 0 Å². The second-order valence-electron chi connectivity index (χ2n) is 6.37. The Morgan fingerprint density at radius 3 is 2.74 bits per heavy atom. The molecular formula is C16H20O3. The second-order valence-corrected chi connectivity index (χ2v) is 6.37. The fraction of sp³-hybridized carbons (Fsp3) is 0.625. The zero-order valence-corrected chi connectivity index (χ0v) is 11.9. The van der Waals surface area contributed by atoms with Gasteiger partial charge in [0.1, 0.15) is 0 Å². The lowest BCUT2D eigenvalue weighted by Gasteiger charge is -2.19. The molecule has 19 heavy (non-hydrogen) atoms. The van der Waals surface area contributed by atoms with Crippen LogP contribution in [-0.4, -0.2) is 18.9 Å². The predicted octanol–water partition coefficient (Wildman–Crippen LogP) is 2.67. The van der Waals surface area contributed by atoms with Crippen LogP contribution in [-0.2, 0) is 14.3 Å². The zero-order chi connectivity index (χ0) is 13.9. The van der Waals surface area contributed by atoms with Gasteiger partial charge in [-0.3, -0.25) is 9.59 Å². The van der Waals surface area contributed by atoms with Gasteiger partial charge in [0.05, 0.1) is 12.5 Å². The van der Waals surface area contributed by atoms with Crippen LogP contribution in [0, 0.1) is 23.2 Å². The van der Waals surface area contributed by atoms with Gasteiger partial charge < -0.3 is 4.74 Å². The highest BCUT2D eigenvalue weighted by Crippen LogP contribution is 2.69. The summed E-state index contributed by atoms with van der Waals surface area (Å²) in [6.45, 7) is 6.08. The van der Waals surface area contributed by atoms with Crippen molar-refractivity contribution < 1.29 is 14.3 Å². The van der Waals surface area contributed by atoms with E-state index in [0.717, 1.165) is 24.0 Å². The van der Waals surface area contributed by atoms with Gasteiger partial charge in [0.2, 0.25) is 0 Å². The van der Waals surface area contributed by atoms with Crippen molar-refractivity contribution in [1.82, 2.24) is 0 Å². The van der Waals surface area contributed by atoms with Gasteiger partial charge in [-0.2, -0.15) is 0 Å². The molecule has 0 radical (unpaired) electrons. The standard InChI is InChI=1S/C16H20O3/c1-8-5-6-10-14(16(10,3)15(18)19-4)13-9(2)7-11(17)12(8)13/h7,10,13-14H,5-6H2,1-4H3. The third-order valence-corrected chi connectivity index (χ3v) is 5.49. The van der Waals surface area contributed by atoms with Crippen LogP contribution in [0.5, 0.6) is 0 Å². The Morgan fingerprint density at radius 2 is 2.11 bits per heavy atom. The highest BCUT2D eigenvalue weighted by molar-refractivity contribution is 6.09. The lowest BCUT2D eigenvalue weighted by Crippen LogP contribution is -2.22. The molecule has 4 unspecified atom stereocenters. The number of carbonyl (C=O) groups is 2. The van der Waals surface area contributed by atoms with E-state index in [-0.39, 0.29) is 23.6 Å². The number of carbonyl (C=O) groups excluding carboxylic acids is 2. The van der Waals surface area contributed by atoms with E-state index in [1.54, 1.807) is 6.08 Å². The highest BCUT2D eigenvalue weighted by Gasteiger charge is 2.70. The SMILES string of the molecule is COC(=O)C1(C)C2CCC(C)=C3C(=O)C=C(C)C3C21. The first-order chi connectivity index (χ1) is 8.92. The van der Waals surface area contributed by atoms with Gasteiger partial charge in [-0.25, -0.2) is 0 Å². The second kappa shape index (κ2) is 3.81. The highest BCUT2D eigenvalue weighted by atomic mass is 16.5. The largest absolute Gasteiger partial charge is 0.469 e. The molecule has 3 aliphatic carbocycles. The summed E-state index contributed by atoms with van der Waals surface area (Å²) in [6, 6.07) is 0. The van der Waals surface area contributed by atoms with Gasteiger partial charge >= 0.3 is 5.97 Å². The first-order valence-corrected chi connectivity index (χ1v) is 6.93. The Morgan fingerprint density at radius 1 is 1.42 bits per heavy atom. The number of hydrogen-bond acceptors (Lipinski definition) is 3. The van der Waals surface area contributed by atoms with Crippen molar-refractivity contribution in [2.45, 2.75) is 33.6 Å². The van der Waals surface area contributed by atoms with Crippen LogP contribution in [0.3, 0.4) is 0 Å². The van der Waals surface area contributed by atoms with Crippen molar-refractivity contribution in [2.75, 3.05) is 7.11 Å². The third kappa shape index (κ3) is 1.44. The van der Waals surface area contributed by atoms with Gasteiger partial charge in [0, 0.05) is 11.5 Å². The van der Waals surface area contributed by atoms with Gasteiger partial charge in [0.15, 0.2) is 5.78 Å². The number of ether oxygens (including phenoxy) is 1. The lowest BCUT2D eigenvalue weighted by molar-refractivity contribution is -0.147. The molecule has 102 valence electrons. The van der Waals surface area contributed by atoms with E-state index in [4.69, 9.17) is 4.74 Å². The minimum atomic E-state index is -0.398.